The van der Waals surface area contributed by atoms with Crippen LogP contribution in [0.1, 0.15) is 23.7 Å². The molecule has 1 amide bonds. The van der Waals surface area contributed by atoms with Gasteiger partial charge in [0.1, 0.15) is 5.75 Å². The molecule has 1 saturated heterocycles. The first kappa shape index (κ1) is 15.8. The molecule has 0 saturated carbocycles. The molecule has 116 valence electrons. The lowest BCUT2D eigenvalue weighted by molar-refractivity contribution is 0.0524. The minimum absolute atomic E-state index is 0.0633. The third-order valence-electron chi connectivity index (χ3n) is 3.94. The lowest BCUT2D eigenvalue weighted by atomic mass is 10.1. The topological polar surface area (TPSA) is 53.0 Å². The fourth-order valence-electron chi connectivity index (χ4n) is 2.48. The molecule has 5 heteroatoms. The Morgan fingerprint density at radius 3 is 2.38 bits per heavy atom. The molecule has 1 aliphatic heterocycles. The van der Waals surface area contributed by atoms with E-state index in [1.54, 1.807) is 31.4 Å². The van der Waals surface area contributed by atoms with Gasteiger partial charge in [0.15, 0.2) is 0 Å². The SMILES string of the molecule is CC[C@H](O)CN1CCN(C(=O)c2ccc(OC)cc2)CC1. The molecule has 2 rings (SSSR count). The van der Waals surface area contributed by atoms with Crippen molar-refractivity contribution in [3.05, 3.63) is 29.8 Å². The molecule has 1 atom stereocenters. The van der Waals surface area contributed by atoms with E-state index in [-0.39, 0.29) is 12.0 Å². The van der Waals surface area contributed by atoms with E-state index < -0.39 is 0 Å². The van der Waals surface area contributed by atoms with Crippen molar-refractivity contribution < 1.29 is 14.6 Å². The minimum Gasteiger partial charge on any atom is -0.497 e. The van der Waals surface area contributed by atoms with Crippen molar-refractivity contribution >= 4 is 5.91 Å². The number of hydrogen-bond donors (Lipinski definition) is 1. The number of ether oxygens (including phenoxy) is 1. The van der Waals surface area contributed by atoms with Crippen molar-refractivity contribution in [2.24, 2.45) is 0 Å². The van der Waals surface area contributed by atoms with E-state index in [0.29, 0.717) is 25.2 Å². The van der Waals surface area contributed by atoms with Crippen molar-refractivity contribution in [1.29, 1.82) is 0 Å². The highest BCUT2D eigenvalue weighted by Gasteiger charge is 2.22. The molecule has 1 N–H and O–H groups in total. The van der Waals surface area contributed by atoms with Crippen molar-refractivity contribution in [2.45, 2.75) is 19.4 Å². The van der Waals surface area contributed by atoms with Crippen molar-refractivity contribution in [1.82, 2.24) is 9.80 Å². The second-order valence-electron chi connectivity index (χ2n) is 5.38. The van der Waals surface area contributed by atoms with Crippen molar-refractivity contribution in [2.75, 3.05) is 39.8 Å². The highest BCUT2D eigenvalue weighted by molar-refractivity contribution is 5.94. The lowest BCUT2D eigenvalue weighted by Crippen LogP contribution is -2.50. The summed E-state index contributed by atoms with van der Waals surface area (Å²) in [4.78, 5) is 16.5. The van der Waals surface area contributed by atoms with Gasteiger partial charge in [-0.25, -0.2) is 0 Å². The monoisotopic (exact) mass is 292 g/mol. The number of amides is 1. The molecule has 1 aliphatic rings. The summed E-state index contributed by atoms with van der Waals surface area (Å²) in [6.45, 7) is 5.73. The maximum atomic E-state index is 12.4. The number of methoxy groups -OCH3 is 1. The fourth-order valence-corrected chi connectivity index (χ4v) is 2.48. The second kappa shape index (κ2) is 7.43. The van der Waals surface area contributed by atoms with Gasteiger partial charge >= 0.3 is 0 Å². The van der Waals surface area contributed by atoms with Crippen LogP contribution in [0.3, 0.4) is 0 Å². The third-order valence-corrected chi connectivity index (χ3v) is 3.94. The summed E-state index contributed by atoms with van der Waals surface area (Å²) in [5, 5.41) is 9.68. The molecule has 0 spiro atoms. The predicted molar refractivity (Wildman–Crippen MR) is 81.6 cm³/mol. The summed E-state index contributed by atoms with van der Waals surface area (Å²) in [5.41, 5.74) is 0.692. The van der Waals surface area contributed by atoms with Gasteiger partial charge in [0.25, 0.3) is 5.91 Å². The van der Waals surface area contributed by atoms with Crippen LogP contribution in [0.15, 0.2) is 24.3 Å². The first-order valence-corrected chi connectivity index (χ1v) is 7.47. The number of aliphatic hydroxyl groups excluding tert-OH is 1. The van der Waals surface area contributed by atoms with Crippen LogP contribution in [0.5, 0.6) is 5.75 Å². The number of nitrogens with zero attached hydrogens (tertiary/aromatic N) is 2. The number of hydrogen-bond acceptors (Lipinski definition) is 4. The summed E-state index contributed by atoms with van der Waals surface area (Å²) in [6.07, 6.45) is 0.499. The smallest absolute Gasteiger partial charge is 0.253 e. The molecule has 0 aliphatic carbocycles. The van der Waals surface area contributed by atoms with Crippen LogP contribution < -0.4 is 4.74 Å². The Bertz CT molecular complexity index is 453. The molecule has 0 radical (unpaired) electrons. The normalized spacial score (nSPS) is 17.6. The van der Waals surface area contributed by atoms with Gasteiger partial charge in [-0.2, -0.15) is 0 Å². The summed E-state index contributed by atoms with van der Waals surface area (Å²) in [5.74, 6) is 0.818. The average molecular weight is 292 g/mol. The molecule has 21 heavy (non-hydrogen) atoms. The van der Waals surface area contributed by atoms with Crippen LogP contribution in [0.25, 0.3) is 0 Å². The quantitative estimate of drug-likeness (QED) is 0.887. The largest absolute Gasteiger partial charge is 0.497 e. The molecule has 5 nitrogen and oxygen atoms in total. The van der Waals surface area contributed by atoms with Crippen LogP contribution in [0.2, 0.25) is 0 Å². The van der Waals surface area contributed by atoms with E-state index >= 15 is 0 Å². The van der Waals surface area contributed by atoms with Gasteiger partial charge in [-0.1, -0.05) is 6.92 Å². The van der Waals surface area contributed by atoms with Gasteiger partial charge in [0, 0.05) is 38.3 Å². The molecule has 0 bridgehead atoms. The Morgan fingerprint density at radius 1 is 1.24 bits per heavy atom. The maximum absolute atomic E-state index is 12.4. The second-order valence-corrected chi connectivity index (χ2v) is 5.38. The molecule has 1 aromatic carbocycles. The number of benzene rings is 1. The Morgan fingerprint density at radius 2 is 1.86 bits per heavy atom. The molecule has 1 aromatic rings. The lowest BCUT2D eigenvalue weighted by Gasteiger charge is -2.35. The zero-order valence-electron chi connectivity index (χ0n) is 12.8. The van der Waals surface area contributed by atoms with Crippen molar-refractivity contribution in [3.63, 3.8) is 0 Å². The van der Waals surface area contributed by atoms with Gasteiger partial charge in [-0.3, -0.25) is 9.69 Å². The van der Waals surface area contributed by atoms with E-state index in [1.807, 2.05) is 11.8 Å². The Labute approximate surface area is 126 Å². The van der Waals surface area contributed by atoms with Crippen LogP contribution in [-0.2, 0) is 0 Å². The highest BCUT2D eigenvalue weighted by Crippen LogP contribution is 2.14. The van der Waals surface area contributed by atoms with Crippen molar-refractivity contribution in [3.8, 4) is 5.75 Å². The first-order chi connectivity index (χ1) is 10.1. The average Bonchev–Trinajstić information content (AvgIpc) is 2.55. The first-order valence-electron chi connectivity index (χ1n) is 7.47. The summed E-state index contributed by atoms with van der Waals surface area (Å²) < 4.78 is 5.10. The van der Waals surface area contributed by atoms with Gasteiger partial charge < -0.3 is 14.7 Å². The zero-order valence-corrected chi connectivity index (χ0v) is 12.8. The molecule has 0 aromatic heterocycles. The number of β-amino-alcohol motifs (C(OH)–C–C–N with tert-alkyl or cyclic N) is 1. The summed E-state index contributed by atoms with van der Waals surface area (Å²) >= 11 is 0. The third kappa shape index (κ3) is 4.19. The van der Waals surface area contributed by atoms with E-state index in [2.05, 4.69) is 4.90 Å². The Kier molecular flexibility index (Phi) is 5.59. The van der Waals surface area contributed by atoms with Crippen LogP contribution in [0, 0.1) is 0 Å². The summed E-state index contributed by atoms with van der Waals surface area (Å²) in [6, 6.07) is 7.21. The predicted octanol–water partition coefficient (Wildman–Crippen LogP) is 1.22. The summed E-state index contributed by atoms with van der Waals surface area (Å²) in [7, 11) is 1.61. The highest BCUT2D eigenvalue weighted by atomic mass is 16.5. The Hall–Kier alpha value is -1.59. The number of carbonyl (C=O) groups excluding carboxylic acids is 1. The van der Waals surface area contributed by atoms with Gasteiger partial charge in [0.05, 0.1) is 13.2 Å². The van der Waals surface area contributed by atoms with E-state index in [1.165, 1.54) is 0 Å². The number of piperazine rings is 1. The van der Waals surface area contributed by atoms with Crippen LogP contribution in [-0.4, -0.2) is 66.8 Å². The van der Waals surface area contributed by atoms with E-state index in [9.17, 15) is 9.90 Å². The molecule has 1 fully saturated rings. The van der Waals surface area contributed by atoms with E-state index in [4.69, 9.17) is 4.74 Å². The number of aliphatic hydroxyl groups is 1. The van der Waals surface area contributed by atoms with Gasteiger partial charge in [0.2, 0.25) is 0 Å². The maximum Gasteiger partial charge on any atom is 0.253 e. The number of rotatable bonds is 5. The molecular formula is C16H24N2O3. The molecule has 0 unspecified atom stereocenters. The minimum atomic E-state index is -0.270. The molecule has 1 heterocycles. The van der Waals surface area contributed by atoms with Gasteiger partial charge in [-0.05, 0) is 30.7 Å². The van der Waals surface area contributed by atoms with Gasteiger partial charge in [-0.15, -0.1) is 0 Å². The van der Waals surface area contributed by atoms with Crippen LogP contribution in [0.4, 0.5) is 0 Å². The molecular weight excluding hydrogens is 268 g/mol. The number of carbonyl (C=O) groups is 1. The standard InChI is InChI=1S/C16H24N2O3/c1-3-14(19)12-17-8-10-18(11-9-17)16(20)13-4-6-15(21-2)7-5-13/h4-7,14,19H,3,8-12H2,1-2H3/t14-/m0/s1. The fraction of sp³-hybridized carbons (Fsp3) is 0.562. The van der Waals surface area contributed by atoms with Crippen LogP contribution >= 0.6 is 0 Å². The Balaban J connectivity index is 1.87. The van der Waals surface area contributed by atoms with E-state index in [0.717, 1.165) is 25.3 Å². The zero-order chi connectivity index (χ0) is 15.2.